The molecule has 0 spiro atoms. The van der Waals surface area contributed by atoms with Crippen LogP contribution in [0.4, 0.5) is 4.79 Å². The average molecular weight is 452 g/mol. The summed E-state index contributed by atoms with van der Waals surface area (Å²) in [5.74, 6) is -0.787. The molecule has 0 radical (unpaired) electrons. The van der Waals surface area contributed by atoms with Gasteiger partial charge in [0, 0.05) is 24.0 Å². The Balaban J connectivity index is 1.90. The standard InChI is InChI=1S/C27H33NO5/c1-19(2)24-27(20-13-8-6-9-14-20,21-15-10-7-11-16-21)33-25(31)28(24)22(29)17-12-18-23(30)32-26(3,4)5/h6-11,13-16,19,24H,12,17-18H2,1-5H3/t24-/m1/s1. The maximum atomic E-state index is 13.3. The van der Waals surface area contributed by atoms with Gasteiger partial charge in [-0.3, -0.25) is 9.59 Å². The van der Waals surface area contributed by atoms with Crippen LogP contribution in [-0.4, -0.2) is 34.5 Å². The van der Waals surface area contributed by atoms with E-state index in [1.54, 1.807) is 20.8 Å². The van der Waals surface area contributed by atoms with Crippen molar-refractivity contribution in [1.82, 2.24) is 4.90 Å². The summed E-state index contributed by atoms with van der Waals surface area (Å²) in [6.07, 6.45) is -0.201. The van der Waals surface area contributed by atoms with Crippen LogP contribution in [0.5, 0.6) is 0 Å². The first kappa shape index (κ1) is 24.5. The Morgan fingerprint density at radius 3 is 1.94 bits per heavy atom. The lowest BCUT2D eigenvalue weighted by Crippen LogP contribution is -2.49. The fraction of sp³-hybridized carbons (Fsp3) is 0.444. The Hall–Kier alpha value is -3.15. The lowest BCUT2D eigenvalue weighted by molar-refractivity contribution is -0.154. The molecule has 1 atom stereocenters. The molecular weight excluding hydrogens is 418 g/mol. The van der Waals surface area contributed by atoms with Gasteiger partial charge < -0.3 is 9.47 Å². The van der Waals surface area contributed by atoms with E-state index in [2.05, 4.69) is 0 Å². The first-order valence-electron chi connectivity index (χ1n) is 11.4. The molecule has 0 aromatic heterocycles. The number of hydrogen-bond acceptors (Lipinski definition) is 5. The minimum atomic E-state index is -1.12. The van der Waals surface area contributed by atoms with Gasteiger partial charge in [-0.05, 0) is 33.1 Å². The summed E-state index contributed by atoms with van der Waals surface area (Å²) in [5.41, 5.74) is -0.0677. The van der Waals surface area contributed by atoms with Crippen molar-refractivity contribution < 1.29 is 23.9 Å². The molecule has 1 heterocycles. The number of carbonyl (C=O) groups excluding carboxylic acids is 3. The van der Waals surface area contributed by atoms with Gasteiger partial charge in [0.05, 0.1) is 6.04 Å². The van der Waals surface area contributed by atoms with Crippen molar-refractivity contribution in [3.63, 3.8) is 0 Å². The van der Waals surface area contributed by atoms with E-state index in [-0.39, 0.29) is 30.6 Å². The SMILES string of the molecule is CC(C)[C@H]1N(C(=O)CCCC(=O)OC(C)(C)C)C(=O)OC1(c1ccccc1)c1ccccc1. The van der Waals surface area contributed by atoms with Crippen LogP contribution >= 0.6 is 0 Å². The molecule has 33 heavy (non-hydrogen) atoms. The largest absolute Gasteiger partial charge is 0.460 e. The summed E-state index contributed by atoms with van der Waals surface area (Å²) in [7, 11) is 0. The van der Waals surface area contributed by atoms with Crippen molar-refractivity contribution in [3.8, 4) is 0 Å². The molecule has 1 aliphatic heterocycles. The number of hydrogen-bond donors (Lipinski definition) is 0. The highest BCUT2D eigenvalue weighted by Crippen LogP contribution is 2.47. The summed E-state index contributed by atoms with van der Waals surface area (Å²) < 4.78 is 11.4. The van der Waals surface area contributed by atoms with Gasteiger partial charge in [-0.15, -0.1) is 0 Å². The van der Waals surface area contributed by atoms with E-state index in [1.807, 2.05) is 74.5 Å². The average Bonchev–Trinajstić information content (AvgIpc) is 3.08. The molecule has 1 fully saturated rings. The maximum absolute atomic E-state index is 13.3. The molecule has 2 aromatic carbocycles. The van der Waals surface area contributed by atoms with Crippen LogP contribution in [0.2, 0.25) is 0 Å². The zero-order valence-electron chi connectivity index (χ0n) is 20.0. The minimum Gasteiger partial charge on any atom is -0.460 e. The molecule has 6 heteroatoms. The Labute approximate surface area is 195 Å². The Morgan fingerprint density at radius 1 is 0.970 bits per heavy atom. The van der Waals surface area contributed by atoms with E-state index in [9.17, 15) is 14.4 Å². The smallest absolute Gasteiger partial charge is 0.418 e. The molecule has 1 aliphatic rings. The van der Waals surface area contributed by atoms with Gasteiger partial charge in [0.15, 0.2) is 5.60 Å². The normalized spacial score (nSPS) is 17.7. The third-order valence-electron chi connectivity index (χ3n) is 5.64. The molecule has 6 nitrogen and oxygen atoms in total. The molecular formula is C27H33NO5. The number of ether oxygens (including phenoxy) is 2. The fourth-order valence-corrected chi connectivity index (χ4v) is 4.46. The molecule has 0 aliphatic carbocycles. The van der Waals surface area contributed by atoms with Crippen LogP contribution in [0.1, 0.15) is 65.0 Å². The van der Waals surface area contributed by atoms with Gasteiger partial charge in [-0.25, -0.2) is 9.69 Å². The second-order valence-electron chi connectivity index (χ2n) is 9.73. The van der Waals surface area contributed by atoms with Crippen LogP contribution in [0.3, 0.4) is 0 Å². The topological polar surface area (TPSA) is 72.9 Å². The number of nitrogens with zero attached hydrogens (tertiary/aromatic N) is 1. The van der Waals surface area contributed by atoms with E-state index in [0.29, 0.717) is 6.42 Å². The fourth-order valence-electron chi connectivity index (χ4n) is 4.46. The van der Waals surface area contributed by atoms with Crippen molar-refractivity contribution in [2.45, 2.75) is 71.1 Å². The predicted octanol–water partition coefficient (Wildman–Crippen LogP) is 5.45. The molecule has 2 aromatic rings. The lowest BCUT2D eigenvalue weighted by atomic mass is 9.75. The van der Waals surface area contributed by atoms with E-state index in [0.717, 1.165) is 11.1 Å². The molecule has 0 unspecified atom stereocenters. The Bertz CT molecular complexity index is 939. The first-order chi connectivity index (χ1) is 15.6. The van der Waals surface area contributed by atoms with E-state index < -0.39 is 23.3 Å². The maximum Gasteiger partial charge on any atom is 0.418 e. The van der Waals surface area contributed by atoms with Gasteiger partial charge >= 0.3 is 12.1 Å². The summed E-state index contributed by atoms with van der Waals surface area (Å²) in [4.78, 5) is 39.7. The summed E-state index contributed by atoms with van der Waals surface area (Å²) in [6, 6.07) is 18.6. The van der Waals surface area contributed by atoms with Crippen molar-refractivity contribution in [1.29, 1.82) is 0 Å². The molecule has 2 amide bonds. The van der Waals surface area contributed by atoms with Crippen LogP contribution < -0.4 is 0 Å². The molecule has 1 saturated heterocycles. The zero-order chi connectivity index (χ0) is 24.2. The quantitative estimate of drug-likeness (QED) is 0.524. The van der Waals surface area contributed by atoms with Crippen molar-refractivity contribution >= 4 is 18.0 Å². The first-order valence-corrected chi connectivity index (χ1v) is 11.4. The van der Waals surface area contributed by atoms with Gasteiger partial charge in [0.25, 0.3) is 0 Å². The van der Waals surface area contributed by atoms with E-state index >= 15 is 0 Å². The molecule has 3 rings (SSSR count). The monoisotopic (exact) mass is 451 g/mol. The number of esters is 1. The third-order valence-corrected chi connectivity index (χ3v) is 5.64. The number of carbonyl (C=O) groups is 3. The molecule has 0 saturated carbocycles. The summed E-state index contributed by atoms with van der Waals surface area (Å²) in [6.45, 7) is 9.37. The van der Waals surface area contributed by atoms with Gasteiger partial charge in [0.1, 0.15) is 5.60 Å². The van der Waals surface area contributed by atoms with Crippen molar-refractivity contribution in [3.05, 3.63) is 71.8 Å². The van der Waals surface area contributed by atoms with E-state index in [1.165, 1.54) is 4.90 Å². The number of benzene rings is 2. The summed E-state index contributed by atoms with van der Waals surface area (Å²) >= 11 is 0. The second-order valence-corrected chi connectivity index (χ2v) is 9.73. The van der Waals surface area contributed by atoms with Gasteiger partial charge in [-0.1, -0.05) is 74.5 Å². The molecule has 176 valence electrons. The highest BCUT2D eigenvalue weighted by molar-refractivity contribution is 5.95. The second kappa shape index (κ2) is 9.77. The number of rotatable bonds is 7. The van der Waals surface area contributed by atoms with Crippen LogP contribution in [0.25, 0.3) is 0 Å². The van der Waals surface area contributed by atoms with Crippen LogP contribution in [-0.2, 0) is 24.7 Å². The van der Waals surface area contributed by atoms with E-state index in [4.69, 9.17) is 9.47 Å². The Kier molecular flexibility index (Phi) is 7.25. The summed E-state index contributed by atoms with van der Waals surface area (Å²) in [5, 5.41) is 0. The lowest BCUT2D eigenvalue weighted by Gasteiger charge is -2.37. The van der Waals surface area contributed by atoms with Crippen molar-refractivity contribution in [2.75, 3.05) is 0 Å². The highest BCUT2D eigenvalue weighted by atomic mass is 16.6. The number of imide groups is 1. The zero-order valence-corrected chi connectivity index (χ0v) is 20.0. The number of cyclic esters (lactones) is 1. The highest BCUT2D eigenvalue weighted by Gasteiger charge is 2.59. The molecule has 0 bridgehead atoms. The molecule has 0 N–H and O–H groups in total. The van der Waals surface area contributed by atoms with Crippen LogP contribution in [0, 0.1) is 5.92 Å². The van der Waals surface area contributed by atoms with Gasteiger partial charge in [0.2, 0.25) is 5.91 Å². The van der Waals surface area contributed by atoms with Crippen LogP contribution in [0.15, 0.2) is 60.7 Å². The third kappa shape index (κ3) is 5.27. The predicted molar refractivity (Wildman–Crippen MR) is 125 cm³/mol. The minimum absolute atomic E-state index is 0.0528. The number of amides is 2. The Morgan fingerprint density at radius 2 is 1.48 bits per heavy atom. The van der Waals surface area contributed by atoms with Crippen molar-refractivity contribution in [2.24, 2.45) is 5.92 Å². The van der Waals surface area contributed by atoms with Gasteiger partial charge in [-0.2, -0.15) is 0 Å².